The number of carbonyl (C=O) groups excluding carboxylic acids is 1. The summed E-state index contributed by atoms with van der Waals surface area (Å²) in [5.41, 5.74) is 1.90. The van der Waals surface area contributed by atoms with E-state index >= 15 is 0 Å². The molecule has 0 atom stereocenters. The highest BCUT2D eigenvalue weighted by molar-refractivity contribution is 7.94. The second-order valence-corrected chi connectivity index (χ2v) is 11.0. The normalized spacial score (nSPS) is 15.1. The van der Waals surface area contributed by atoms with Crippen molar-refractivity contribution < 1.29 is 18.1 Å². The van der Waals surface area contributed by atoms with E-state index in [0.29, 0.717) is 23.0 Å². The highest BCUT2D eigenvalue weighted by Gasteiger charge is 2.27. The molecule has 2 aromatic carbocycles. The van der Waals surface area contributed by atoms with Gasteiger partial charge >= 0.3 is 0 Å². The zero-order valence-electron chi connectivity index (χ0n) is 16.8. The van der Waals surface area contributed by atoms with Crippen LogP contribution in [0.25, 0.3) is 0 Å². The molecule has 1 fully saturated rings. The van der Waals surface area contributed by atoms with E-state index in [9.17, 15) is 13.2 Å². The fourth-order valence-corrected chi connectivity index (χ4v) is 6.22. The molecule has 31 heavy (non-hydrogen) atoms. The maximum atomic E-state index is 13.2. The van der Waals surface area contributed by atoms with Gasteiger partial charge in [-0.3, -0.25) is 9.52 Å². The summed E-state index contributed by atoms with van der Waals surface area (Å²) in [7, 11) is -3.81. The van der Waals surface area contributed by atoms with Crippen molar-refractivity contribution in [2.75, 3.05) is 30.9 Å². The van der Waals surface area contributed by atoms with Crippen LogP contribution in [0, 0.1) is 0 Å². The number of carbonyl (C=O) groups is 1. The molecule has 1 aliphatic rings. The predicted octanol–water partition coefficient (Wildman–Crippen LogP) is 2.74. The Hall–Kier alpha value is -2.39. The molecule has 0 spiro atoms. The number of hydrogen-bond donors (Lipinski definition) is 2. The summed E-state index contributed by atoms with van der Waals surface area (Å²) in [6.07, 6.45) is 0. The minimum absolute atomic E-state index is 0.109. The first-order chi connectivity index (χ1) is 14.9. The van der Waals surface area contributed by atoms with E-state index in [1.165, 1.54) is 22.6 Å². The molecule has 1 aromatic heterocycles. The summed E-state index contributed by atoms with van der Waals surface area (Å²) in [6.45, 7) is 3.89. The standard InChI is InChI=1S/C22H22ClN3O3S2/c23-20-10-11-21(30-20)31(28,29)24-19-9-5-4-8-18(19)22(27)26-14-12-25(13-15-26)16-17-6-2-1-3-7-17/h1-11,24H,12-16H2/p+1. The number of nitrogens with zero attached hydrogens (tertiary/aromatic N) is 1. The summed E-state index contributed by atoms with van der Waals surface area (Å²) in [6, 6.07) is 20.0. The van der Waals surface area contributed by atoms with Gasteiger partial charge in [-0.25, -0.2) is 8.42 Å². The van der Waals surface area contributed by atoms with Gasteiger partial charge in [-0.05, 0) is 24.3 Å². The summed E-state index contributed by atoms with van der Waals surface area (Å²) in [4.78, 5) is 16.4. The molecule has 0 radical (unpaired) electrons. The average Bonchev–Trinajstić information content (AvgIpc) is 3.22. The number of rotatable bonds is 6. The molecule has 4 rings (SSSR count). The molecule has 0 aliphatic carbocycles. The first kappa shape index (κ1) is 21.8. The monoisotopic (exact) mass is 476 g/mol. The number of hydrogen-bond acceptors (Lipinski definition) is 4. The number of anilines is 1. The van der Waals surface area contributed by atoms with Crippen molar-refractivity contribution in [3.8, 4) is 0 Å². The molecule has 1 saturated heterocycles. The van der Waals surface area contributed by atoms with Crippen LogP contribution in [0.2, 0.25) is 4.34 Å². The number of para-hydroxylation sites is 1. The zero-order valence-corrected chi connectivity index (χ0v) is 19.1. The Morgan fingerprint density at radius 2 is 1.68 bits per heavy atom. The summed E-state index contributed by atoms with van der Waals surface area (Å²) in [5, 5.41) is 0. The Bertz CT molecular complexity index is 1160. The predicted molar refractivity (Wildman–Crippen MR) is 123 cm³/mol. The highest BCUT2D eigenvalue weighted by Crippen LogP contribution is 2.28. The number of piperazine rings is 1. The van der Waals surface area contributed by atoms with Crippen LogP contribution < -0.4 is 9.62 Å². The van der Waals surface area contributed by atoms with Gasteiger partial charge in [0.25, 0.3) is 15.9 Å². The van der Waals surface area contributed by atoms with Gasteiger partial charge in [0.2, 0.25) is 0 Å². The van der Waals surface area contributed by atoms with E-state index in [0.717, 1.165) is 31.0 Å². The van der Waals surface area contributed by atoms with Crippen molar-refractivity contribution in [2.24, 2.45) is 0 Å². The van der Waals surface area contributed by atoms with Gasteiger partial charge in [0.1, 0.15) is 10.8 Å². The minimum Gasteiger partial charge on any atom is -0.328 e. The quantitative estimate of drug-likeness (QED) is 0.574. The number of amides is 1. The molecule has 1 aliphatic heterocycles. The highest BCUT2D eigenvalue weighted by atomic mass is 35.5. The van der Waals surface area contributed by atoms with Gasteiger partial charge in [-0.15, -0.1) is 11.3 Å². The molecule has 2 heterocycles. The van der Waals surface area contributed by atoms with Crippen LogP contribution in [-0.2, 0) is 16.6 Å². The number of halogens is 1. The lowest BCUT2D eigenvalue weighted by atomic mass is 10.1. The summed E-state index contributed by atoms with van der Waals surface area (Å²) >= 11 is 6.85. The van der Waals surface area contributed by atoms with Gasteiger partial charge < -0.3 is 9.80 Å². The minimum atomic E-state index is -3.81. The van der Waals surface area contributed by atoms with Crippen molar-refractivity contribution in [1.82, 2.24) is 4.90 Å². The van der Waals surface area contributed by atoms with Crippen molar-refractivity contribution in [3.63, 3.8) is 0 Å². The number of benzene rings is 2. The molecule has 0 unspecified atom stereocenters. The third kappa shape index (κ3) is 5.27. The van der Waals surface area contributed by atoms with E-state index < -0.39 is 10.0 Å². The molecule has 2 N–H and O–H groups in total. The van der Waals surface area contributed by atoms with Crippen molar-refractivity contribution >= 4 is 44.6 Å². The number of thiophene rings is 1. The first-order valence-electron chi connectivity index (χ1n) is 9.96. The Kier molecular flexibility index (Phi) is 6.62. The molecule has 162 valence electrons. The Labute approximate surface area is 191 Å². The molecule has 1 amide bonds. The van der Waals surface area contributed by atoms with Gasteiger partial charge in [-0.1, -0.05) is 54.1 Å². The fourth-order valence-electron chi connectivity index (χ4n) is 3.65. The van der Waals surface area contributed by atoms with E-state index in [2.05, 4.69) is 16.9 Å². The van der Waals surface area contributed by atoms with E-state index in [1.807, 2.05) is 18.2 Å². The maximum absolute atomic E-state index is 13.2. The number of sulfonamides is 1. The van der Waals surface area contributed by atoms with Crippen molar-refractivity contribution in [1.29, 1.82) is 0 Å². The van der Waals surface area contributed by atoms with Crippen LogP contribution in [0.1, 0.15) is 15.9 Å². The van der Waals surface area contributed by atoms with Crippen LogP contribution >= 0.6 is 22.9 Å². The second-order valence-electron chi connectivity index (χ2n) is 7.41. The van der Waals surface area contributed by atoms with E-state index in [4.69, 9.17) is 11.6 Å². The lowest BCUT2D eigenvalue weighted by molar-refractivity contribution is -0.917. The lowest BCUT2D eigenvalue weighted by Gasteiger charge is -2.32. The van der Waals surface area contributed by atoms with Crippen molar-refractivity contribution in [3.05, 3.63) is 82.2 Å². The average molecular weight is 477 g/mol. The Morgan fingerprint density at radius 3 is 2.35 bits per heavy atom. The molecule has 3 aromatic rings. The SMILES string of the molecule is O=C(c1ccccc1NS(=O)(=O)c1ccc(Cl)s1)N1CC[NH+](Cc2ccccc2)CC1. The van der Waals surface area contributed by atoms with Crippen LogP contribution in [0.15, 0.2) is 70.9 Å². The second kappa shape index (κ2) is 9.40. The topological polar surface area (TPSA) is 70.9 Å². The smallest absolute Gasteiger partial charge is 0.271 e. The van der Waals surface area contributed by atoms with E-state index in [1.54, 1.807) is 29.2 Å². The van der Waals surface area contributed by atoms with Crippen molar-refractivity contribution in [2.45, 2.75) is 10.8 Å². The number of nitrogens with one attached hydrogen (secondary N) is 2. The summed E-state index contributed by atoms with van der Waals surface area (Å²) in [5.74, 6) is -0.165. The molecular formula is C22H23ClN3O3S2+. The largest absolute Gasteiger partial charge is 0.328 e. The van der Waals surface area contributed by atoms with E-state index in [-0.39, 0.29) is 15.8 Å². The number of quaternary nitrogens is 1. The molecular weight excluding hydrogens is 454 g/mol. The van der Waals surface area contributed by atoms with Crippen LogP contribution in [-0.4, -0.2) is 45.4 Å². The van der Waals surface area contributed by atoms with Crippen LogP contribution in [0.5, 0.6) is 0 Å². The zero-order chi connectivity index (χ0) is 21.8. The van der Waals surface area contributed by atoms with Gasteiger partial charge in [-0.2, -0.15) is 0 Å². The maximum Gasteiger partial charge on any atom is 0.271 e. The van der Waals surface area contributed by atoms with Gasteiger partial charge in [0.05, 0.1) is 41.8 Å². The molecule has 0 bridgehead atoms. The molecule has 0 saturated carbocycles. The Morgan fingerprint density at radius 1 is 1.00 bits per heavy atom. The van der Waals surface area contributed by atoms with Crippen LogP contribution in [0.4, 0.5) is 5.69 Å². The van der Waals surface area contributed by atoms with Crippen LogP contribution in [0.3, 0.4) is 0 Å². The van der Waals surface area contributed by atoms with Gasteiger partial charge in [0, 0.05) is 5.56 Å². The third-order valence-corrected chi connectivity index (χ3v) is 8.36. The van der Waals surface area contributed by atoms with Gasteiger partial charge in [0.15, 0.2) is 0 Å². The Balaban J connectivity index is 1.44. The summed E-state index contributed by atoms with van der Waals surface area (Å²) < 4.78 is 28.4. The molecule has 9 heteroatoms. The lowest BCUT2D eigenvalue weighted by Crippen LogP contribution is -3.13. The third-order valence-electron chi connectivity index (χ3n) is 5.27. The fraction of sp³-hybridized carbons (Fsp3) is 0.227. The first-order valence-corrected chi connectivity index (χ1v) is 12.6. The molecule has 6 nitrogen and oxygen atoms in total.